The summed E-state index contributed by atoms with van der Waals surface area (Å²) in [7, 11) is 1.79. The van der Waals surface area contributed by atoms with Gasteiger partial charge in [0.25, 0.3) is 5.91 Å². The number of carbonyl (C=O) groups excluding carboxylic acids is 1. The Labute approximate surface area is 162 Å². The number of fused-ring (bicyclic) bond motifs is 1. The van der Waals surface area contributed by atoms with Gasteiger partial charge in [-0.25, -0.2) is 0 Å². The van der Waals surface area contributed by atoms with Crippen molar-refractivity contribution in [2.45, 2.75) is 44.9 Å². The van der Waals surface area contributed by atoms with Gasteiger partial charge in [0.2, 0.25) is 0 Å². The first-order chi connectivity index (χ1) is 13.5. The summed E-state index contributed by atoms with van der Waals surface area (Å²) in [6.45, 7) is 3.57. The lowest BCUT2D eigenvalue weighted by Gasteiger charge is -2.28. The quantitative estimate of drug-likeness (QED) is 0.708. The van der Waals surface area contributed by atoms with E-state index in [4.69, 9.17) is 0 Å². The monoisotopic (exact) mass is 381 g/mol. The van der Waals surface area contributed by atoms with E-state index in [1.807, 2.05) is 22.6 Å². The van der Waals surface area contributed by atoms with Crippen LogP contribution in [-0.4, -0.2) is 52.2 Å². The molecule has 0 bridgehead atoms. The number of rotatable bonds is 4. The maximum atomic E-state index is 13.2. The van der Waals surface area contributed by atoms with Gasteiger partial charge in [-0.05, 0) is 31.9 Å². The molecule has 1 amide bonds. The summed E-state index contributed by atoms with van der Waals surface area (Å²) in [4.78, 5) is 15.0. The van der Waals surface area contributed by atoms with Crippen LogP contribution in [0, 0.1) is 6.92 Å². The lowest BCUT2D eigenvalue weighted by Crippen LogP contribution is -2.38. The zero-order valence-electron chi connectivity index (χ0n) is 16.0. The van der Waals surface area contributed by atoms with Crippen LogP contribution in [0.2, 0.25) is 0 Å². The predicted molar refractivity (Wildman–Crippen MR) is 99.5 cm³/mol. The van der Waals surface area contributed by atoms with E-state index >= 15 is 0 Å². The van der Waals surface area contributed by atoms with Crippen molar-refractivity contribution in [3.63, 3.8) is 0 Å². The summed E-state index contributed by atoms with van der Waals surface area (Å²) in [6.07, 6.45) is 3.02. The van der Waals surface area contributed by atoms with Crippen molar-refractivity contribution >= 4 is 5.91 Å². The minimum absolute atomic E-state index is 0.0225. The van der Waals surface area contributed by atoms with Gasteiger partial charge < -0.3 is 10.0 Å². The zero-order chi connectivity index (χ0) is 19.4. The molecule has 9 heteroatoms. The number of aliphatic hydroxyl groups is 1. The highest BCUT2D eigenvalue weighted by molar-refractivity contribution is 5.96. The molecular formula is C19H23N7O2. The van der Waals surface area contributed by atoms with Crippen LogP contribution < -0.4 is 0 Å². The molecule has 0 radical (unpaired) electrons. The molecule has 1 fully saturated rings. The van der Waals surface area contributed by atoms with Crippen LogP contribution in [0.15, 0.2) is 18.3 Å². The topological polar surface area (TPSA) is 105 Å². The number of aliphatic hydroxyl groups excluding tert-OH is 1. The van der Waals surface area contributed by atoms with Crippen molar-refractivity contribution < 1.29 is 9.90 Å². The van der Waals surface area contributed by atoms with Crippen LogP contribution in [0.4, 0.5) is 0 Å². The van der Waals surface area contributed by atoms with Gasteiger partial charge in [0.1, 0.15) is 6.10 Å². The fourth-order valence-electron chi connectivity index (χ4n) is 3.93. The molecule has 1 aliphatic carbocycles. The lowest BCUT2D eigenvalue weighted by atomic mass is 10.1. The number of amides is 1. The molecule has 0 aromatic carbocycles. The Bertz CT molecular complexity index is 1040. The summed E-state index contributed by atoms with van der Waals surface area (Å²) in [5.74, 6) is 0.439. The molecule has 3 aromatic heterocycles. The molecule has 2 N–H and O–H groups in total. The Morgan fingerprint density at radius 2 is 2.18 bits per heavy atom. The molecule has 146 valence electrons. The fraction of sp³-hybridized carbons (Fsp3) is 0.474. The number of aromatic nitrogens is 6. The van der Waals surface area contributed by atoms with E-state index in [9.17, 15) is 9.90 Å². The van der Waals surface area contributed by atoms with Crippen LogP contribution in [0.25, 0.3) is 0 Å². The second-order valence-electron chi connectivity index (χ2n) is 7.68. The number of hydrogen-bond acceptors (Lipinski definition) is 5. The van der Waals surface area contributed by atoms with Gasteiger partial charge in [0, 0.05) is 31.4 Å². The normalized spacial score (nSPS) is 17.6. The van der Waals surface area contributed by atoms with Crippen LogP contribution >= 0.6 is 0 Å². The average Bonchev–Trinajstić information content (AvgIpc) is 3.11. The molecule has 9 nitrogen and oxygen atoms in total. The van der Waals surface area contributed by atoms with Crippen molar-refractivity contribution in [2.24, 2.45) is 7.05 Å². The highest BCUT2D eigenvalue weighted by Crippen LogP contribution is 2.41. The second-order valence-corrected chi connectivity index (χ2v) is 7.68. The van der Waals surface area contributed by atoms with Crippen LogP contribution in [0.1, 0.15) is 63.7 Å². The first kappa shape index (κ1) is 17.2. The molecule has 1 aliphatic heterocycles. The fourth-order valence-corrected chi connectivity index (χ4v) is 3.93. The standard InChI is InChI=1S/C19H23N7O2/c1-11-16(17(22-21-11)12-3-4-12)19(28)25-7-8-26-13(10-25)9-14(23-26)18(27)15-5-6-20-24(15)2/h5-6,9,12,18,27H,3-4,7-8,10H2,1-2H3,(H,21,22)/t18-/m0/s1. The van der Waals surface area contributed by atoms with Crippen molar-refractivity contribution in [1.29, 1.82) is 0 Å². The first-order valence-electron chi connectivity index (χ1n) is 9.59. The molecule has 3 aromatic rings. The summed E-state index contributed by atoms with van der Waals surface area (Å²) in [5.41, 5.74) is 4.65. The van der Waals surface area contributed by atoms with E-state index in [-0.39, 0.29) is 5.91 Å². The minimum atomic E-state index is -0.840. The molecular weight excluding hydrogens is 358 g/mol. The van der Waals surface area contributed by atoms with Gasteiger partial charge in [0.15, 0.2) is 0 Å². The highest BCUT2D eigenvalue weighted by Gasteiger charge is 2.34. The first-order valence-corrected chi connectivity index (χ1v) is 9.59. The molecule has 2 aliphatic rings. The number of nitrogens with zero attached hydrogens (tertiary/aromatic N) is 6. The van der Waals surface area contributed by atoms with E-state index < -0.39 is 6.10 Å². The number of carbonyl (C=O) groups is 1. The van der Waals surface area contributed by atoms with Crippen molar-refractivity contribution in [1.82, 2.24) is 34.7 Å². The number of H-pyrrole nitrogens is 1. The molecule has 0 saturated heterocycles. The molecule has 0 unspecified atom stereocenters. The highest BCUT2D eigenvalue weighted by atomic mass is 16.3. The smallest absolute Gasteiger partial charge is 0.258 e. The van der Waals surface area contributed by atoms with Crippen molar-refractivity contribution in [3.8, 4) is 0 Å². The van der Waals surface area contributed by atoms with E-state index in [1.54, 1.807) is 24.0 Å². The summed E-state index contributed by atoms with van der Waals surface area (Å²) < 4.78 is 3.52. The van der Waals surface area contributed by atoms with Gasteiger partial charge in [-0.15, -0.1) is 0 Å². The van der Waals surface area contributed by atoms with Gasteiger partial charge in [-0.3, -0.25) is 19.3 Å². The Hall–Kier alpha value is -2.94. The molecule has 5 rings (SSSR count). The molecule has 1 atom stereocenters. The van der Waals surface area contributed by atoms with Crippen molar-refractivity contribution in [3.05, 3.63) is 52.4 Å². The van der Waals surface area contributed by atoms with Crippen molar-refractivity contribution in [2.75, 3.05) is 6.54 Å². The largest absolute Gasteiger partial charge is 0.380 e. The van der Waals surface area contributed by atoms with Gasteiger partial charge in [-0.1, -0.05) is 0 Å². The maximum Gasteiger partial charge on any atom is 0.258 e. The number of aromatic amines is 1. The maximum absolute atomic E-state index is 13.2. The Balaban J connectivity index is 1.39. The van der Waals surface area contributed by atoms with Crippen LogP contribution in [-0.2, 0) is 20.1 Å². The SMILES string of the molecule is Cc1[nH]nc(C2CC2)c1C(=O)N1CCn2nc([C@H](O)c3ccnn3C)cc2C1. The van der Waals surface area contributed by atoms with Gasteiger partial charge in [0.05, 0.1) is 41.4 Å². The van der Waals surface area contributed by atoms with Gasteiger partial charge in [-0.2, -0.15) is 15.3 Å². The number of nitrogens with one attached hydrogen (secondary N) is 1. The number of aryl methyl sites for hydroxylation is 2. The van der Waals surface area contributed by atoms with E-state index in [2.05, 4.69) is 20.4 Å². The summed E-state index contributed by atoms with van der Waals surface area (Å²) >= 11 is 0. The van der Waals surface area contributed by atoms with Crippen LogP contribution in [0.3, 0.4) is 0 Å². The predicted octanol–water partition coefficient (Wildman–Crippen LogP) is 1.26. The van der Waals surface area contributed by atoms with E-state index in [0.29, 0.717) is 36.9 Å². The van der Waals surface area contributed by atoms with E-state index in [1.165, 1.54) is 0 Å². The molecule has 28 heavy (non-hydrogen) atoms. The molecule has 4 heterocycles. The third-order valence-corrected chi connectivity index (χ3v) is 5.68. The molecule has 1 saturated carbocycles. The van der Waals surface area contributed by atoms with Gasteiger partial charge >= 0.3 is 0 Å². The minimum Gasteiger partial charge on any atom is -0.380 e. The molecule has 0 spiro atoms. The third-order valence-electron chi connectivity index (χ3n) is 5.68. The summed E-state index contributed by atoms with van der Waals surface area (Å²) in [5, 5.41) is 26.7. The zero-order valence-corrected chi connectivity index (χ0v) is 16.0. The Morgan fingerprint density at radius 1 is 1.36 bits per heavy atom. The Morgan fingerprint density at radius 3 is 2.89 bits per heavy atom. The average molecular weight is 381 g/mol. The lowest BCUT2D eigenvalue weighted by molar-refractivity contribution is 0.0704. The Kier molecular flexibility index (Phi) is 3.87. The third kappa shape index (κ3) is 2.73. The number of hydrogen-bond donors (Lipinski definition) is 2. The van der Waals surface area contributed by atoms with Crippen LogP contribution in [0.5, 0.6) is 0 Å². The van der Waals surface area contributed by atoms with E-state index in [0.717, 1.165) is 35.5 Å². The summed E-state index contributed by atoms with van der Waals surface area (Å²) in [6, 6.07) is 3.65. The second kappa shape index (κ2) is 6.30.